The summed E-state index contributed by atoms with van der Waals surface area (Å²) in [7, 11) is 0. The van der Waals surface area contributed by atoms with Crippen molar-refractivity contribution in [3.63, 3.8) is 0 Å². The Morgan fingerprint density at radius 3 is 0.934 bits per heavy atom. The molecule has 1 aliphatic heterocycles. The molecule has 6 N–H and O–H groups in total. The molecule has 1 rings (SSSR count). The van der Waals surface area contributed by atoms with Crippen LogP contribution in [0.25, 0.3) is 0 Å². The van der Waals surface area contributed by atoms with Crippen molar-refractivity contribution < 1.29 is 39.8 Å². The van der Waals surface area contributed by atoms with E-state index in [1.165, 1.54) is 302 Å². The Bertz CT molecular complexity index is 1160. The zero-order chi connectivity index (χ0) is 55.0. The SMILES string of the molecule is CCCCCCCCCCCCCCCCCCCCCCCCCCCCCCCCCCCC(O)C(COC1OC(CO)C(O)C(O)C1O)NC(=O)CCCCCCCCCCCCCCCCCCCCCC. The largest absolute Gasteiger partial charge is 0.394 e. The Balaban J connectivity index is 2.08. The number of unbranched alkanes of at least 4 members (excludes halogenated alkanes) is 51. The second-order valence-corrected chi connectivity index (χ2v) is 24.3. The molecule has 0 radical (unpaired) electrons. The molecule has 0 aromatic rings. The van der Waals surface area contributed by atoms with Crippen LogP contribution < -0.4 is 5.32 Å². The van der Waals surface area contributed by atoms with Gasteiger partial charge in [-0.25, -0.2) is 0 Å². The van der Waals surface area contributed by atoms with E-state index in [1.807, 2.05) is 0 Å². The molecule has 9 nitrogen and oxygen atoms in total. The van der Waals surface area contributed by atoms with Gasteiger partial charge in [-0.15, -0.1) is 0 Å². The monoisotopic (exact) mass is 1080 g/mol. The van der Waals surface area contributed by atoms with E-state index < -0.39 is 49.5 Å². The topological polar surface area (TPSA) is 149 Å². The number of rotatable bonds is 61. The second-order valence-electron chi connectivity index (χ2n) is 24.3. The third-order valence-electron chi connectivity index (χ3n) is 17.0. The maximum absolute atomic E-state index is 13.1. The predicted octanol–water partition coefficient (Wildman–Crippen LogP) is 18.1. The molecule has 0 aliphatic carbocycles. The van der Waals surface area contributed by atoms with E-state index in [2.05, 4.69) is 19.2 Å². The number of aliphatic hydroxyl groups excluding tert-OH is 5. The lowest BCUT2D eigenvalue weighted by atomic mass is 9.99. The van der Waals surface area contributed by atoms with Crippen molar-refractivity contribution in [3.8, 4) is 0 Å². The Hall–Kier alpha value is -0.810. The van der Waals surface area contributed by atoms with E-state index in [4.69, 9.17) is 9.47 Å². The van der Waals surface area contributed by atoms with Gasteiger partial charge in [0.25, 0.3) is 0 Å². The predicted molar refractivity (Wildman–Crippen MR) is 323 cm³/mol. The van der Waals surface area contributed by atoms with Crippen molar-refractivity contribution >= 4 is 5.91 Å². The number of hydrogen-bond donors (Lipinski definition) is 6. The molecule has 0 bridgehead atoms. The van der Waals surface area contributed by atoms with Gasteiger partial charge < -0.3 is 40.3 Å². The average Bonchev–Trinajstić information content (AvgIpc) is 3.42. The lowest BCUT2D eigenvalue weighted by molar-refractivity contribution is -0.302. The number of nitrogens with one attached hydrogen (secondary N) is 1. The summed E-state index contributed by atoms with van der Waals surface area (Å²) in [6, 6.07) is -0.715. The van der Waals surface area contributed by atoms with Crippen LogP contribution in [0, 0.1) is 0 Å². The molecule has 76 heavy (non-hydrogen) atoms. The van der Waals surface area contributed by atoms with Crippen LogP contribution in [-0.2, 0) is 14.3 Å². The van der Waals surface area contributed by atoms with Crippen molar-refractivity contribution in [1.82, 2.24) is 5.32 Å². The highest BCUT2D eigenvalue weighted by Gasteiger charge is 2.44. The minimum absolute atomic E-state index is 0.130. The summed E-state index contributed by atoms with van der Waals surface area (Å²) >= 11 is 0. The van der Waals surface area contributed by atoms with E-state index >= 15 is 0 Å². The van der Waals surface area contributed by atoms with Gasteiger partial charge >= 0.3 is 0 Å². The molecule has 7 unspecified atom stereocenters. The zero-order valence-electron chi connectivity index (χ0n) is 50.8. The normalized spacial score (nSPS) is 18.6. The lowest BCUT2D eigenvalue weighted by Gasteiger charge is -2.40. The molecule has 0 spiro atoms. The van der Waals surface area contributed by atoms with Gasteiger partial charge in [-0.2, -0.15) is 0 Å². The van der Waals surface area contributed by atoms with Crippen LogP contribution in [0.4, 0.5) is 0 Å². The summed E-state index contributed by atoms with van der Waals surface area (Å²) in [5.41, 5.74) is 0. The standard InChI is InChI=1S/C67H133NO8/c1-3-5-7-9-11-13-15-17-19-21-23-25-26-27-28-29-30-31-32-33-34-35-36-37-38-40-42-44-46-48-50-52-54-56-61(70)60(59-75-67-66(74)65(73)64(72)62(58-69)76-67)68-63(71)57-55-53-51-49-47-45-43-41-39-24-22-20-18-16-14-12-10-8-6-4-2/h60-62,64-67,69-70,72-74H,3-59H2,1-2H3,(H,68,71). The second kappa shape index (κ2) is 57.4. The Morgan fingerprint density at radius 2 is 0.658 bits per heavy atom. The number of hydrogen-bond acceptors (Lipinski definition) is 8. The van der Waals surface area contributed by atoms with Crippen LogP contribution >= 0.6 is 0 Å². The maximum Gasteiger partial charge on any atom is 0.220 e. The van der Waals surface area contributed by atoms with Gasteiger partial charge in [-0.05, 0) is 12.8 Å². The molecular weight excluding hydrogens is 947 g/mol. The van der Waals surface area contributed by atoms with E-state index in [-0.39, 0.29) is 12.5 Å². The molecule has 454 valence electrons. The number of carbonyl (C=O) groups excluding carboxylic acids is 1. The molecule has 9 heteroatoms. The molecular formula is C67H133NO8. The molecule has 1 aliphatic rings. The summed E-state index contributed by atoms with van der Waals surface area (Å²) < 4.78 is 11.4. The van der Waals surface area contributed by atoms with Crippen LogP contribution in [0.5, 0.6) is 0 Å². The molecule has 1 amide bonds. The van der Waals surface area contributed by atoms with Crippen LogP contribution in [0.3, 0.4) is 0 Å². The first-order valence-electron chi connectivity index (χ1n) is 34.2. The first-order chi connectivity index (χ1) is 37.3. The van der Waals surface area contributed by atoms with Crippen molar-refractivity contribution in [3.05, 3.63) is 0 Å². The van der Waals surface area contributed by atoms with Crippen molar-refractivity contribution in [2.24, 2.45) is 0 Å². The van der Waals surface area contributed by atoms with E-state index in [9.17, 15) is 30.3 Å². The van der Waals surface area contributed by atoms with E-state index in [0.29, 0.717) is 12.8 Å². The number of amides is 1. The van der Waals surface area contributed by atoms with Gasteiger partial charge in [-0.1, -0.05) is 348 Å². The number of ether oxygens (including phenoxy) is 2. The van der Waals surface area contributed by atoms with E-state index in [0.717, 1.165) is 38.5 Å². The number of aliphatic hydroxyl groups is 5. The van der Waals surface area contributed by atoms with Gasteiger partial charge in [-0.3, -0.25) is 4.79 Å². The Kier molecular flexibility index (Phi) is 55.3. The van der Waals surface area contributed by atoms with Gasteiger partial charge in [0, 0.05) is 6.42 Å². The molecule has 0 aromatic carbocycles. The molecule has 0 saturated carbocycles. The van der Waals surface area contributed by atoms with Crippen molar-refractivity contribution in [2.75, 3.05) is 13.2 Å². The van der Waals surface area contributed by atoms with Crippen molar-refractivity contribution in [1.29, 1.82) is 0 Å². The lowest BCUT2D eigenvalue weighted by Crippen LogP contribution is -2.60. The Morgan fingerprint density at radius 1 is 0.395 bits per heavy atom. The average molecular weight is 1080 g/mol. The minimum atomic E-state index is -1.55. The molecule has 0 aromatic heterocycles. The van der Waals surface area contributed by atoms with Gasteiger partial charge in [0.1, 0.15) is 24.4 Å². The smallest absolute Gasteiger partial charge is 0.220 e. The van der Waals surface area contributed by atoms with E-state index in [1.54, 1.807) is 0 Å². The van der Waals surface area contributed by atoms with Gasteiger partial charge in [0.2, 0.25) is 5.91 Å². The quantitative estimate of drug-likeness (QED) is 0.0330. The zero-order valence-corrected chi connectivity index (χ0v) is 50.8. The molecule has 1 heterocycles. The molecule has 1 fully saturated rings. The summed E-state index contributed by atoms with van der Waals surface area (Å²) in [5.74, 6) is -0.134. The number of carbonyl (C=O) groups is 1. The highest BCUT2D eigenvalue weighted by atomic mass is 16.7. The minimum Gasteiger partial charge on any atom is -0.394 e. The highest BCUT2D eigenvalue weighted by molar-refractivity contribution is 5.76. The fourth-order valence-corrected chi connectivity index (χ4v) is 11.6. The fourth-order valence-electron chi connectivity index (χ4n) is 11.6. The summed E-state index contributed by atoms with van der Waals surface area (Å²) in [6.07, 6.45) is 64.6. The first kappa shape index (κ1) is 73.2. The third kappa shape index (κ3) is 45.9. The van der Waals surface area contributed by atoms with Crippen LogP contribution in [0.2, 0.25) is 0 Å². The molecule has 1 saturated heterocycles. The van der Waals surface area contributed by atoms with Crippen LogP contribution in [0.1, 0.15) is 367 Å². The summed E-state index contributed by atoms with van der Waals surface area (Å²) in [4.78, 5) is 13.1. The Labute approximate surface area is 472 Å². The van der Waals surface area contributed by atoms with Crippen LogP contribution in [-0.4, -0.2) is 87.5 Å². The summed E-state index contributed by atoms with van der Waals surface area (Å²) in [6.45, 7) is 3.90. The van der Waals surface area contributed by atoms with Gasteiger partial charge in [0.05, 0.1) is 25.4 Å². The van der Waals surface area contributed by atoms with Crippen molar-refractivity contribution in [2.45, 2.75) is 410 Å². The third-order valence-corrected chi connectivity index (χ3v) is 17.0. The summed E-state index contributed by atoms with van der Waals surface area (Å²) in [5, 5.41) is 54.9. The highest BCUT2D eigenvalue weighted by Crippen LogP contribution is 2.24. The van der Waals surface area contributed by atoms with Gasteiger partial charge in [0.15, 0.2) is 6.29 Å². The van der Waals surface area contributed by atoms with Crippen LogP contribution in [0.15, 0.2) is 0 Å². The fraction of sp³-hybridized carbons (Fsp3) is 0.985. The maximum atomic E-state index is 13.1. The molecule has 7 atom stereocenters. The first-order valence-corrected chi connectivity index (χ1v) is 34.2.